The van der Waals surface area contributed by atoms with Crippen LogP contribution < -0.4 is 9.47 Å². The maximum atomic E-state index is 5.55. The van der Waals surface area contributed by atoms with Crippen LogP contribution in [0.5, 0.6) is 11.5 Å². The fraction of sp³-hybridized carbons (Fsp3) is 0.333. The maximum Gasteiger partial charge on any atom is 0.122 e. The summed E-state index contributed by atoms with van der Waals surface area (Å²) in [6.45, 7) is 5.16. The Hall–Kier alpha value is -2.72. The third kappa shape index (κ3) is 3.78. The van der Waals surface area contributed by atoms with Crippen LogP contribution in [0, 0.1) is 6.92 Å². The SMILES string of the molecule is COc1cc(OC)cc([C@H]2c3cccn3CCCN2Cc2cccc(C)c2)c1. The van der Waals surface area contributed by atoms with E-state index in [1.807, 2.05) is 6.07 Å². The lowest BCUT2D eigenvalue weighted by atomic mass is 10.00. The molecule has 0 aliphatic carbocycles. The van der Waals surface area contributed by atoms with Crippen LogP contribution in [0.3, 0.4) is 0 Å². The highest BCUT2D eigenvalue weighted by molar-refractivity contribution is 5.42. The Morgan fingerprint density at radius 3 is 2.43 bits per heavy atom. The van der Waals surface area contributed by atoms with Crippen molar-refractivity contribution in [1.82, 2.24) is 9.47 Å². The van der Waals surface area contributed by atoms with E-state index in [2.05, 4.69) is 71.1 Å². The number of fused-ring (bicyclic) bond motifs is 1. The molecule has 0 unspecified atom stereocenters. The number of methoxy groups -OCH3 is 2. The lowest BCUT2D eigenvalue weighted by molar-refractivity contribution is 0.219. The summed E-state index contributed by atoms with van der Waals surface area (Å²) in [4.78, 5) is 2.57. The van der Waals surface area contributed by atoms with Gasteiger partial charge in [0.05, 0.1) is 20.3 Å². The van der Waals surface area contributed by atoms with Gasteiger partial charge in [0.15, 0.2) is 0 Å². The van der Waals surface area contributed by atoms with Crippen LogP contribution in [0.2, 0.25) is 0 Å². The number of aromatic nitrogens is 1. The number of nitrogens with zero attached hydrogens (tertiary/aromatic N) is 2. The van der Waals surface area contributed by atoms with Crippen molar-refractivity contribution in [3.05, 3.63) is 83.2 Å². The first-order valence-electron chi connectivity index (χ1n) is 9.85. The van der Waals surface area contributed by atoms with Gasteiger partial charge in [-0.25, -0.2) is 0 Å². The van der Waals surface area contributed by atoms with E-state index in [4.69, 9.17) is 9.47 Å². The minimum Gasteiger partial charge on any atom is -0.497 e. The van der Waals surface area contributed by atoms with Crippen LogP contribution in [0.4, 0.5) is 0 Å². The molecule has 4 rings (SSSR count). The second-order valence-electron chi connectivity index (χ2n) is 7.49. The molecule has 1 atom stereocenters. The van der Waals surface area contributed by atoms with E-state index in [0.717, 1.165) is 37.6 Å². The molecule has 0 amide bonds. The highest BCUT2D eigenvalue weighted by Crippen LogP contribution is 2.36. The van der Waals surface area contributed by atoms with Gasteiger partial charge in [-0.3, -0.25) is 4.90 Å². The second-order valence-corrected chi connectivity index (χ2v) is 7.49. The largest absolute Gasteiger partial charge is 0.497 e. The number of benzene rings is 2. The molecule has 0 bridgehead atoms. The zero-order valence-electron chi connectivity index (χ0n) is 16.9. The summed E-state index contributed by atoms with van der Waals surface area (Å²) < 4.78 is 13.5. The summed E-state index contributed by atoms with van der Waals surface area (Å²) in [5.41, 5.74) is 5.17. The van der Waals surface area contributed by atoms with Crippen LogP contribution in [0.15, 0.2) is 60.8 Å². The monoisotopic (exact) mass is 376 g/mol. The van der Waals surface area contributed by atoms with Crippen molar-refractivity contribution >= 4 is 0 Å². The molecule has 0 saturated carbocycles. The van der Waals surface area contributed by atoms with Crippen molar-refractivity contribution in [3.8, 4) is 11.5 Å². The zero-order valence-corrected chi connectivity index (χ0v) is 16.9. The number of hydrogen-bond acceptors (Lipinski definition) is 3. The predicted octanol–water partition coefficient (Wildman–Crippen LogP) is 4.81. The van der Waals surface area contributed by atoms with Crippen molar-refractivity contribution in [2.45, 2.75) is 32.5 Å². The van der Waals surface area contributed by atoms with E-state index in [1.165, 1.54) is 22.4 Å². The fourth-order valence-electron chi connectivity index (χ4n) is 4.22. The first-order chi connectivity index (χ1) is 13.7. The van der Waals surface area contributed by atoms with E-state index in [1.54, 1.807) is 14.2 Å². The van der Waals surface area contributed by atoms with Gasteiger partial charge in [-0.15, -0.1) is 0 Å². The topological polar surface area (TPSA) is 26.6 Å². The molecular formula is C24H28N2O2. The molecule has 146 valence electrons. The molecule has 0 spiro atoms. The molecule has 0 fully saturated rings. The normalized spacial score (nSPS) is 17.0. The lowest BCUT2D eigenvalue weighted by Gasteiger charge is -2.31. The molecule has 4 nitrogen and oxygen atoms in total. The molecule has 28 heavy (non-hydrogen) atoms. The number of hydrogen-bond donors (Lipinski definition) is 0. The summed E-state index contributed by atoms with van der Waals surface area (Å²) in [6, 6.07) is 19.6. The van der Waals surface area contributed by atoms with Crippen LogP contribution >= 0.6 is 0 Å². The lowest BCUT2D eigenvalue weighted by Crippen LogP contribution is -2.29. The maximum absolute atomic E-state index is 5.55. The van der Waals surface area contributed by atoms with Gasteiger partial charge in [-0.1, -0.05) is 29.8 Å². The van der Waals surface area contributed by atoms with Crippen molar-refractivity contribution in [2.24, 2.45) is 0 Å². The van der Waals surface area contributed by atoms with E-state index in [0.29, 0.717) is 0 Å². The van der Waals surface area contributed by atoms with Gasteiger partial charge in [-0.05, 0) is 48.7 Å². The van der Waals surface area contributed by atoms with Gasteiger partial charge in [0, 0.05) is 37.6 Å². The first kappa shape index (κ1) is 18.6. The third-order valence-electron chi connectivity index (χ3n) is 5.51. The number of aryl methyl sites for hydroxylation is 2. The summed E-state index contributed by atoms with van der Waals surface area (Å²) >= 11 is 0. The van der Waals surface area contributed by atoms with Crippen LogP contribution in [0.25, 0.3) is 0 Å². The highest BCUT2D eigenvalue weighted by Gasteiger charge is 2.28. The van der Waals surface area contributed by atoms with Crippen molar-refractivity contribution in [2.75, 3.05) is 20.8 Å². The Morgan fingerprint density at radius 1 is 0.929 bits per heavy atom. The Kier molecular flexibility index (Phi) is 5.40. The molecule has 0 N–H and O–H groups in total. The van der Waals surface area contributed by atoms with Gasteiger partial charge < -0.3 is 14.0 Å². The van der Waals surface area contributed by atoms with Crippen LogP contribution in [-0.4, -0.2) is 30.2 Å². The highest BCUT2D eigenvalue weighted by atomic mass is 16.5. The number of rotatable bonds is 5. The molecule has 0 saturated heterocycles. The summed E-state index contributed by atoms with van der Waals surface area (Å²) in [7, 11) is 3.41. The van der Waals surface area contributed by atoms with Crippen LogP contribution in [-0.2, 0) is 13.1 Å². The van der Waals surface area contributed by atoms with Crippen molar-refractivity contribution < 1.29 is 9.47 Å². The molecular weight excluding hydrogens is 348 g/mol. The van der Waals surface area contributed by atoms with Gasteiger partial charge in [0.2, 0.25) is 0 Å². The minimum absolute atomic E-state index is 0.155. The van der Waals surface area contributed by atoms with Crippen molar-refractivity contribution in [3.63, 3.8) is 0 Å². The van der Waals surface area contributed by atoms with E-state index < -0.39 is 0 Å². The Morgan fingerprint density at radius 2 is 1.71 bits per heavy atom. The molecule has 1 aromatic heterocycles. The Balaban J connectivity index is 1.79. The number of ether oxygens (including phenoxy) is 2. The minimum atomic E-state index is 0.155. The van der Waals surface area contributed by atoms with E-state index >= 15 is 0 Å². The quantitative estimate of drug-likeness (QED) is 0.639. The van der Waals surface area contributed by atoms with Gasteiger partial charge in [0.25, 0.3) is 0 Å². The van der Waals surface area contributed by atoms with E-state index in [9.17, 15) is 0 Å². The van der Waals surface area contributed by atoms with Gasteiger partial charge in [0.1, 0.15) is 11.5 Å². The Bertz CT molecular complexity index is 925. The Labute approximate surface area is 167 Å². The third-order valence-corrected chi connectivity index (χ3v) is 5.51. The van der Waals surface area contributed by atoms with Gasteiger partial charge in [-0.2, -0.15) is 0 Å². The average Bonchev–Trinajstić information content (AvgIpc) is 3.09. The standard InChI is InChI=1S/C24H28N2O2/c1-18-7-4-8-19(13-18)17-26-12-6-11-25-10-5-9-23(25)24(26)20-14-21(27-2)16-22(15-20)28-3/h4-5,7-10,13-16,24H,6,11-12,17H2,1-3H3/t24-/m0/s1. The molecule has 1 aliphatic rings. The van der Waals surface area contributed by atoms with Gasteiger partial charge >= 0.3 is 0 Å². The zero-order chi connectivity index (χ0) is 19.5. The average molecular weight is 377 g/mol. The van der Waals surface area contributed by atoms with Crippen LogP contribution in [0.1, 0.15) is 34.8 Å². The first-order valence-corrected chi connectivity index (χ1v) is 9.85. The van der Waals surface area contributed by atoms with Crippen molar-refractivity contribution in [1.29, 1.82) is 0 Å². The molecule has 2 aromatic carbocycles. The molecule has 0 radical (unpaired) electrons. The second kappa shape index (κ2) is 8.11. The molecule has 3 aromatic rings. The predicted molar refractivity (Wildman–Crippen MR) is 112 cm³/mol. The summed E-state index contributed by atoms with van der Waals surface area (Å²) in [6.07, 6.45) is 3.32. The fourth-order valence-corrected chi connectivity index (χ4v) is 4.22. The molecule has 1 aliphatic heterocycles. The summed E-state index contributed by atoms with van der Waals surface area (Å²) in [5.74, 6) is 1.65. The van der Waals surface area contributed by atoms with E-state index in [-0.39, 0.29) is 6.04 Å². The molecule has 4 heteroatoms. The summed E-state index contributed by atoms with van der Waals surface area (Å²) in [5, 5.41) is 0. The smallest absolute Gasteiger partial charge is 0.122 e. The molecule has 2 heterocycles.